The van der Waals surface area contributed by atoms with E-state index in [9.17, 15) is 0 Å². The first kappa shape index (κ1) is 14.8. The second-order valence-corrected chi connectivity index (χ2v) is 5.77. The molecule has 2 aromatic rings. The molecule has 0 unspecified atom stereocenters. The van der Waals surface area contributed by atoms with E-state index in [1.165, 1.54) is 16.7 Å². The highest BCUT2D eigenvalue weighted by molar-refractivity contribution is 7.97. The third kappa shape index (κ3) is 4.20. The number of thioether (sulfide) groups is 1. The average Bonchev–Trinajstić information content (AvgIpc) is 2.42. The first-order chi connectivity index (χ1) is 9.69. The smallest absolute Gasteiger partial charge is 0.123 e. The van der Waals surface area contributed by atoms with Gasteiger partial charge in [-0.3, -0.25) is 0 Å². The van der Waals surface area contributed by atoms with Crippen molar-refractivity contribution in [1.29, 1.82) is 0 Å². The van der Waals surface area contributed by atoms with Crippen molar-refractivity contribution < 1.29 is 4.74 Å². The molecule has 2 rings (SSSR count). The Morgan fingerprint density at radius 2 is 1.95 bits per heavy atom. The number of hydrogen-bond acceptors (Lipinski definition) is 3. The SMILES string of the molecule is CCOc1ccc(N)cc1CSCc1cccc(C)c1. The van der Waals surface area contributed by atoms with Crippen molar-refractivity contribution >= 4 is 17.4 Å². The molecule has 0 saturated carbocycles. The summed E-state index contributed by atoms with van der Waals surface area (Å²) in [7, 11) is 0. The second-order valence-electron chi connectivity index (χ2n) is 4.78. The number of nitrogens with two attached hydrogens (primary N) is 1. The van der Waals surface area contributed by atoms with Gasteiger partial charge in [-0.2, -0.15) is 11.8 Å². The highest BCUT2D eigenvalue weighted by atomic mass is 32.2. The lowest BCUT2D eigenvalue weighted by molar-refractivity contribution is 0.337. The predicted octanol–water partition coefficient (Wildman–Crippen LogP) is 4.41. The summed E-state index contributed by atoms with van der Waals surface area (Å²) in [4.78, 5) is 0. The van der Waals surface area contributed by atoms with Crippen LogP contribution in [-0.4, -0.2) is 6.61 Å². The highest BCUT2D eigenvalue weighted by Crippen LogP contribution is 2.27. The first-order valence-corrected chi connectivity index (χ1v) is 7.99. The van der Waals surface area contributed by atoms with E-state index in [0.29, 0.717) is 6.61 Å². The van der Waals surface area contributed by atoms with Crippen molar-refractivity contribution in [2.24, 2.45) is 0 Å². The summed E-state index contributed by atoms with van der Waals surface area (Å²) in [5.41, 5.74) is 10.5. The molecule has 2 nitrogen and oxygen atoms in total. The molecule has 0 amide bonds. The molecule has 2 N–H and O–H groups in total. The molecule has 0 aromatic heterocycles. The summed E-state index contributed by atoms with van der Waals surface area (Å²) in [6, 6.07) is 14.5. The Kier molecular flexibility index (Phi) is 5.36. The van der Waals surface area contributed by atoms with Crippen LogP contribution in [0.1, 0.15) is 23.6 Å². The topological polar surface area (TPSA) is 35.2 Å². The van der Waals surface area contributed by atoms with Crippen LogP contribution in [0.15, 0.2) is 42.5 Å². The zero-order valence-corrected chi connectivity index (χ0v) is 12.9. The van der Waals surface area contributed by atoms with Gasteiger partial charge in [-0.05, 0) is 37.6 Å². The lowest BCUT2D eigenvalue weighted by Crippen LogP contribution is -1.97. The van der Waals surface area contributed by atoms with Gasteiger partial charge in [-0.15, -0.1) is 0 Å². The number of ether oxygens (including phenoxy) is 1. The molecule has 0 aliphatic carbocycles. The molecule has 2 aromatic carbocycles. The predicted molar refractivity (Wildman–Crippen MR) is 88.2 cm³/mol. The minimum atomic E-state index is 0.680. The van der Waals surface area contributed by atoms with Gasteiger partial charge in [0.2, 0.25) is 0 Å². The van der Waals surface area contributed by atoms with Gasteiger partial charge in [-0.1, -0.05) is 29.8 Å². The lowest BCUT2D eigenvalue weighted by atomic mass is 10.2. The van der Waals surface area contributed by atoms with Crippen molar-refractivity contribution in [1.82, 2.24) is 0 Å². The lowest BCUT2D eigenvalue weighted by Gasteiger charge is -2.11. The maximum Gasteiger partial charge on any atom is 0.123 e. The Morgan fingerprint density at radius 3 is 2.70 bits per heavy atom. The minimum absolute atomic E-state index is 0.680. The fraction of sp³-hybridized carbons (Fsp3) is 0.294. The van der Waals surface area contributed by atoms with E-state index < -0.39 is 0 Å². The van der Waals surface area contributed by atoms with Crippen molar-refractivity contribution in [3.8, 4) is 5.75 Å². The maximum absolute atomic E-state index is 5.86. The zero-order chi connectivity index (χ0) is 14.4. The van der Waals surface area contributed by atoms with Gasteiger partial charge in [-0.25, -0.2) is 0 Å². The normalized spacial score (nSPS) is 10.5. The summed E-state index contributed by atoms with van der Waals surface area (Å²) in [5, 5.41) is 0. The number of nitrogen functional groups attached to an aromatic ring is 1. The quantitative estimate of drug-likeness (QED) is 0.799. The van der Waals surface area contributed by atoms with Gasteiger partial charge < -0.3 is 10.5 Å². The van der Waals surface area contributed by atoms with E-state index in [2.05, 4.69) is 31.2 Å². The Hall–Kier alpha value is -1.61. The summed E-state index contributed by atoms with van der Waals surface area (Å²) in [6.45, 7) is 4.80. The number of benzene rings is 2. The van der Waals surface area contributed by atoms with E-state index in [1.54, 1.807) is 0 Å². The molecule has 0 radical (unpaired) electrons. The number of anilines is 1. The van der Waals surface area contributed by atoms with Crippen LogP contribution in [0.4, 0.5) is 5.69 Å². The van der Waals surface area contributed by atoms with Gasteiger partial charge >= 0.3 is 0 Å². The highest BCUT2D eigenvalue weighted by Gasteiger charge is 2.04. The summed E-state index contributed by atoms with van der Waals surface area (Å²) >= 11 is 1.88. The van der Waals surface area contributed by atoms with Gasteiger partial charge in [0, 0.05) is 22.8 Å². The molecule has 106 valence electrons. The van der Waals surface area contributed by atoms with E-state index in [-0.39, 0.29) is 0 Å². The standard InChI is InChI=1S/C17H21NOS/c1-3-19-17-8-7-16(18)10-15(17)12-20-11-14-6-4-5-13(2)9-14/h4-10H,3,11-12,18H2,1-2H3. The summed E-state index contributed by atoms with van der Waals surface area (Å²) in [6.07, 6.45) is 0. The van der Waals surface area contributed by atoms with Crippen LogP contribution in [0.5, 0.6) is 5.75 Å². The molecule has 0 atom stereocenters. The molecular weight excluding hydrogens is 266 g/mol. The Balaban J connectivity index is 1.98. The van der Waals surface area contributed by atoms with Crippen LogP contribution in [0, 0.1) is 6.92 Å². The molecular formula is C17H21NOS. The van der Waals surface area contributed by atoms with Gasteiger partial charge in [0.25, 0.3) is 0 Å². The third-order valence-electron chi connectivity index (χ3n) is 2.99. The fourth-order valence-electron chi connectivity index (χ4n) is 2.09. The average molecular weight is 287 g/mol. The Morgan fingerprint density at radius 1 is 1.10 bits per heavy atom. The van der Waals surface area contributed by atoms with Crippen LogP contribution in [0.3, 0.4) is 0 Å². The maximum atomic E-state index is 5.86. The van der Waals surface area contributed by atoms with Gasteiger partial charge in [0.05, 0.1) is 6.61 Å². The van der Waals surface area contributed by atoms with E-state index in [4.69, 9.17) is 10.5 Å². The molecule has 0 fully saturated rings. The monoisotopic (exact) mass is 287 g/mol. The zero-order valence-electron chi connectivity index (χ0n) is 12.1. The van der Waals surface area contributed by atoms with E-state index in [0.717, 1.165) is 22.9 Å². The molecule has 20 heavy (non-hydrogen) atoms. The minimum Gasteiger partial charge on any atom is -0.494 e. The number of aryl methyl sites for hydroxylation is 1. The van der Waals surface area contributed by atoms with E-state index in [1.807, 2.05) is 36.9 Å². The summed E-state index contributed by atoms with van der Waals surface area (Å²) < 4.78 is 5.64. The molecule has 3 heteroatoms. The molecule has 0 spiro atoms. The van der Waals surface area contributed by atoms with Crippen LogP contribution in [-0.2, 0) is 11.5 Å². The van der Waals surface area contributed by atoms with Crippen LogP contribution < -0.4 is 10.5 Å². The second kappa shape index (κ2) is 7.25. The molecule has 0 saturated heterocycles. The van der Waals surface area contributed by atoms with Crippen molar-refractivity contribution in [3.63, 3.8) is 0 Å². The third-order valence-corrected chi connectivity index (χ3v) is 4.05. The fourth-order valence-corrected chi connectivity index (χ4v) is 3.05. The first-order valence-electron chi connectivity index (χ1n) is 6.83. The van der Waals surface area contributed by atoms with Crippen LogP contribution in [0.25, 0.3) is 0 Å². The molecule has 0 aliphatic rings. The summed E-state index contributed by atoms with van der Waals surface area (Å²) in [5.74, 6) is 2.86. The van der Waals surface area contributed by atoms with Gasteiger partial charge in [0.15, 0.2) is 0 Å². The van der Waals surface area contributed by atoms with Crippen molar-refractivity contribution in [3.05, 3.63) is 59.2 Å². The van der Waals surface area contributed by atoms with Crippen LogP contribution >= 0.6 is 11.8 Å². The van der Waals surface area contributed by atoms with Crippen molar-refractivity contribution in [2.45, 2.75) is 25.4 Å². The van der Waals surface area contributed by atoms with Crippen molar-refractivity contribution in [2.75, 3.05) is 12.3 Å². The van der Waals surface area contributed by atoms with Crippen LogP contribution in [0.2, 0.25) is 0 Å². The molecule has 0 heterocycles. The largest absolute Gasteiger partial charge is 0.494 e. The Bertz CT molecular complexity index is 569. The molecule has 0 bridgehead atoms. The number of hydrogen-bond donors (Lipinski definition) is 1. The van der Waals surface area contributed by atoms with Gasteiger partial charge in [0.1, 0.15) is 5.75 Å². The molecule has 0 aliphatic heterocycles. The van der Waals surface area contributed by atoms with E-state index >= 15 is 0 Å². The number of rotatable bonds is 6. The Labute approximate surface area is 125 Å².